The Hall–Kier alpha value is -2.50. The first-order valence-electron chi connectivity index (χ1n) is 4.91. The Morgan fingerprint density at radius 2 is 2.12 bits per heavy atom. The molecule has 0 unspecified atom stereocenters. The van der Waals surface area contributed by atoms with Crippen molar-refractivity contribution >= 4 is 17.5 Å². The summed E-state index contributed by atoms with van der Waals surface area (Å²) in [6.07, 6.45) is 1.37. The molecule has 2 amide bonds. The van der Waals surface area contributed by atoms with Gasteiger partial charge in [-0.3, -0.25) is 5.32 Å². The number of nitrogens with zero attached hydrogens (tertiary/aromatic N) is 1. The predicted molar refractivity (Wildman–Crippen MR) is 62.1 cm³/mol. The van der Waals surface area contributed by atoms with Gasteiger partial charge in [0.2, 0.25) is 0 Å². The summed E-state index contributed by atoms with van der Waals surface area (Å²) in [6.45, 7) is 0. The molecule has 1 aromatic carbocycles. The zero-order valence-corrected chi connectivity index (χ0v) is 9.14. The zero-order chi connectivity index (χ0) is 12.1. The molecule has 0 atom stereocenters. The highest BCUT2D eigenvalue weighted by atomic mass is 16.5. The van der Waals surface area contributed by atoms with Crippen molar-refractivity contribution in [1.82, 2.24) is 5.16 Å². The highest BCUT2D eigenvalue weighted by Gasteiger charge is 2.07. The minimum absolute atomic E-state index is 0.345. The molecule has 0 aliphatic carbocycles. The SMILES string of the molecule is COc1ccccc1NC(=O)Nc1ccon1. The van der Waals surface area contributed by atoms with Crippen LogP contribution in [0.3, 0.4) is 0 Å². The summed E-state index contributed by atoms with van der Waals surface area (Å²) in [5, 5.41) is 8.72. The van der Waals surface area contributed by atoms with E-state index in [1.807, 2.05) is 6.07 Å². The maximum atomic E-state index is 11.6. The normalized spacial score (nSPS) is 9.71. The van der Waals surface area contributed by atoms with Crippen molar-refractivity contribution in [1.29, 1.82) is 0 Å². The van der Waals surface area contributed by atoms with Crippen LogP contribution >= 0.6 is 0 Å². The fourth-order valence-electron chi connectivity index (χ4n) is 1.29. The summed E-state index contributed by atoms with van der Waals surface area (Å²) < 4.78 is 9.70. The third-order valence-corrected chi connectivity index (χ3v) is 2.03. The Bertz CT molecular complexity index is 496. The van der Waals surface area contributed by atoms with E-state index in [2.05, 4.69) is 20.3 Å². The molecule has 2 rings (SSSR count). The largest absolute Gasteiger partial charge is 0.495 e. The van der Waals surface area contributed by atoms with Gasteiger partial charge in [0.25, 0.3) is 0 Å². The fourth-order valence-corrected chi connectivity index (χ4v) is 1.29. The summed E-state index contributed by atoms with van der Waals surface area (Å²) in [7, 11) is 1.54. The number of carbonyl (C=O) groups excluding carboxylic acids is 1. The lowest BCUT2D eigenvalue weighted by atomic mass is 10.3. The number of hydrogen-bond acceptors (Lipinski definition) is 4. The molecular formula is C11H11N3O3. The van der Waals surface area contributed by atoms with E-state index in [0.717, 1.165) is 0 Å². The number of nitrogens with one attached hydrogen (secondary N) is 2. The number of benzene rings is 1. The van der Waals surface area contributed by atoms with E-state index in [0.29, 0.717) is 17.3 Å². The molecule has 6 heteroatoms. The van der Waals surface area contributed by atoms with E-state index in [9.17, 15) is 4.79 Å². The number of amides is 2. The molecule has 1 aromatic heterocycles. The van der Waals surface area contributed by atoms with Crippen molar-refractivity contribution in [3.8, 4) is 5.75 Å². The topological polar surface area (TPSA) is 76.4 Å². The molecule has 0 fully saturated rings. The summed E-state index contributed by atoms with van der Waals surface area (Å²) in [5.41, 5.74) is 0.580. The number of hydrogen-bond donors (Lipinski definition) is 2. The second kappa shape index (κ2) is 5.02. The Morgan fingerprint density at radius 3 is 2.82 bits per heavy atom. The Labute approximate surface area is 97.6 Å². The molecule has 0 aliphatic heterocycles. The first-order chi connectivity index (χ1) is 8.29. The van der Waals surface area contributed by atoms with E-state index in [1.165, 1.54) is 13.4 Å². The average molecular weight is 233 g/mol. The molecule has 1 heterocycles. The van der Waals surface area contributed by atoms with Crippen molar-refractivity contribution in [3.63, 3.8) is 0 Å². The number of carbonyl (C=O) groups is 1. The molecule has 0 saturated heterocycles. The predicted octanol–water partition coefficient (Wildman–Crippen LogP) is 2.33. The van der Waals surface area contributed by atoms with Gasteiger partial charge >= 0.3 is 6.03 Å². The van der Waals surface area contributed by atoms with Crippen LogP contribution in [-0.4, -0.2) is 18.3 Å². The van der Waals surface area contributed by atoms with Gasteiger partial charge < -0.3 is 14.6 Å². The molecule has 88 valence electrons. The molecule has 0 saturated carbocycles. The van der Waals surface area contributed by atoms with Gasteiger partial charge in [-0.05, 0) is 12.1 Å². The van der Waals surface area contributed by atoms with Crippen LogP contribution in [0.15, 0.2) is 41.1 Å². The average Bonchev–Trinajstić information content (AvgIpc) is 2.82. The third-order valence-electron chi connectivity index (χ3n) is 2.03. The monoisotopic (exact) mass is 233 g/mol. The quantitative estimate of drug-likeness (QED) is 0.852. The first-order valence-corrected chi connectivity index (χ1v) is 4.91. The molecule has 0 radical (unpaired) electrons. The number of methoxy groups -OCH3 is 1. The van der Waals surface area contributed by atoms with Crippen molar-refractivity contribution in [3.05, 3.63) is 36.6 Å². The number of ether oxygens (including phenoxy) is 1. The van der Waals surface area contributed by atoms with Gasteiger partial charge in [-0.1, -0.05) is 17.3 Å². The maximum absolute atomic E-state index is 11.6. The lowest BCUT2D eigenvalue weighted by Gasteiger charge is -2.09. The lowest BCUT2D eigenvalue weighted by molar-refractivity contribution is 0.261. The van der Waals surface area contributed by atoms with Crippen molar-refractivity contribution in [2.45, 2.75) is 0 Å². The number of rotatable bonds is 3. The number of anilines is 2. The van der Waals surface area contributed by atoms with Gasteiger partial charge in [-0.2, -0.15) is 0 Å². The van der Waals surface area contributed by atoms with E-state index in [1.54, 1.807) is 24.3 Å². The van der Waals surface area contributed by atoms with Gasteiger partial charge in [0.1, 0.15) is 12.0 Å². The van der Waals surface area contributed by atoms with Gasteiger partial charge in [0, 0.05) is 6.07 Å². The van der Waals surface area contributed by atoms with Crippen LogP contribution in [0.25, 0.3) is 0 Å². The summed E-state index contributed by atoms with van der Waals surface area (Å²) in [4.78, 5) is 11.6. The zero-order valence-electron chi connectivity index (χ0n) is 9.14. The maximum Gasteiger partial charge on any atom is 0.325 e. The lowest BCUT2D eigenvalue weighted by Crippen LogP contribution is -2.19. The van der Waals surface area contributed by atoms with E-state index >= 15 is 0 Å². The Morgan fingerprint density at radius 1 is 1.29 bits per heavy atom. The van der Waals surface area contributed by atoms with Crippen molar-refractivity contribution < 1.29 is 14.1 Å². The molecular weight excluding hydrogens is 222 g/mol. The van der Waals surface area contributed by atoms with Crippen LogP contribution in [0.2, 0.25) is 0 Å². The number of aromatic nitrogens is 1. The second-order valence-electron chi connectivity index (χ2n) is 3.16. The Kier molecular flexibility index (Phi) is 3.25. The van der Waals surface area contributed by atoms with Gasteiger partial charge in [0.05, 0.1) is 12.8 Å². The molecule has 6 nitrogen and oxygen atoms in total. The molecule has 2 aromatic rings. The smallest absolute Gasteiger partial charge is 0.325 e. The highest BCUT2D eigenvalue weighted by molar-refractivity contribution is 5.99. The number of para-hydroxylation sites is 2. The van der Waals surface area contributed by atoms with Crippen LogP contribution in [0.1, 0.15) is 0 Å². The third kappa shape index (κ3) is 2.75. The van der Waals surface area contributed by atoms with Crippen molar-refractivity contribution in [2.24, 2.45) is 0 Å². The Balaban J connectivity index is 2.03. The van der Waals surface area contributed by atoms with Crippen LogP contribution in [0.5, 0.6) is 5.75 Å². The standard InChI is InChI=1S/C11H11N3O3/c1-16-9-5-3-2-4-8(9)12-11(15)13-10-6-7-17-14-10/h2-7H,1H3,(H2,12,13,14,15). The molecule has 0 bridgehead atoms. The first kappa shape index (κ1) is 11.0. The van der Waals surface area contributed by atoms with Gasteiger partial charge in [-0.15, -0.1) is 0 Å². The van der Waals surface area contributed by atoms with Crippen LogP contribution < -0.4 is 15.4 Å². The van der Waals surface area contributed by atoms with E-state index in [4.69, 9.17) is 4.74 Å². The van der Waals surface area contributed by atoms with E-state index in [-0.39, 0.29) is 0 Å². The summed E-state index contributed by atoms with van der Waals surface area (Å²) in [6, 6.07) is 8.24. The molecule has 0 spiro atoms. The van der Waals surface area contributed by atoms with E-state index < -0.39 is 6.03 Å². The summed E-state index contributed by atoms with van der Waals surface area (Å²) >= 11 is 0. The second-order valence-corrected chi connectivity index (χ2v) is 3.16. The number of urea groups is 1. The molecule has 2 N–H and O–H groups in total. The minimum Gasteiger partial charge on any atom is -0.495 e. The molecule has 0 aliphatic rings. The van der Waals surface area contributed by atoms with Crippen LogP contribution in [0, 0.1) is 0 Å². The fraction of sp³-hybridized carbons (Fsp3) is 0.0909. The van der Waals surface area contributed by atoms with Gasteiger partial charge in [0.15, 0.2) is 5.82 Å². The van der Waals surface area contributed by atoms with Crippen molar-refractivity contribution in [2.75, 3.05) is 17.7 Å². The highest BCUT2D eigenvalue weighted by Crippen LogP contribution is 2.22. The van der Waals surface area contributed by atoms with Gasteiger partial charge in [-0.25, -0.2) is 4.79 Å². The molecule has 17 heavy (non-hydrogen) atoms. The minimum atomic E-state index is -0.414. The van der Waals surface area contributed by atoms with Crippen LogP contribution in [0.4, 0.5) is 16.3 Å². The summed E-state index contributed by atoms with van der Waals surface area (Å²) in [5.74, 6) is 0.931. The van der Waals surface area contributed by atoms with Crippen LogP contribution in [-0.2, 0) is 0 Å².